The fraction of sp³-hybridized carbons (Fsp3) is 0.0833. The van der Waals surface area contributed by atoms with Gasteiger partial charge in [-0.15, -0.1) is 0 Å². The fourth-order valence-electron chi connectivity index (χ4n) is 2.90. The molecule has 8 nitrogen and oxygen atoms in total. The highest BCUT2D eigenvalue weighted by Gasteiger charge is 2.32. The van der Waals surface area contributed by atoms with Crippen LogP contribution in [0.15, 0.2) is 90.6 Å². The van der Waals surface area contributed by atoms with E-state index in [1.807, 2.05) is 18.2 Å². The first-order valence-electron chi connectivity index (χ1n) is 10.2. The molecular weight excluding hydrogens is 457 g/mol. The third-order valence-electron chi connectivity index (χ3n) is 4.53. The molecule has 0 saturated carbocycles. The van der Waals surface area contributed by atoms with Gasteiger partial charge in [0.2, 0.25) is 5.95 Å². The number of anilines is 4. The van der Waals surface area contributed by atoms with Crippen LogP contribution in [0.3, 0.4) is 0 Å². The predicted octanol–water partition coefficient (Wildman–Crippen LogP) is 5.33. The number of alkyl halides is 3. The number of benzene rings is 1. The van der Waals surface area contributed by atoms with E-state index in [1.54, 1.807) is 19.2 Å². The Morgan fingerprint density at radius 2 is 1.86 bits per heavy atom. The van der Waals surface area contributed by atoms with Crippen LogP contribution in [0, 0.1) is 0 Å². The summed E-state index contributed by atoms with van der Waals surface area (Å²) in [6.45, 7) is 7.50. The van der Waals surface area contributed by atoms with E-state index in [9.17, 15) is 13.2 Å². The van der Waals surface area contributed by atoms with Crippen LogP contribution in [-0.2, 0) is 6.18 Å². The molecule has 0 atom stereocenters. The molecule has 0 spiro atoms. The molecule has 0 amide bonds. The zero-order valence-electron chi connectivity index (χ0n) is 18.8. The number of aromatic nitrogens is 3. The second-order valence-corrected chi connectivity index (χ2v) is 7.08. The molecule has 2 aromatic heterocycles. The van der Waals surface area contributed by atoms with E-state index >= 15 is 0 Å². The van der Waals surface area contributed by atoms with Crippen molar-refractivity contribution < 1.29 is 13.2 Å². The van der Waals surface area contributed by atoms with Gasteiger partial charge in [0, 0.05) is 60.1 Å². The Morgan fingerprint density at radius 3 is 2.49 bits per heavy atom. The van der Waals surface area contributed by atoms with E-state index in [-0.39, 0.29) is 5.95 Å². The van der Waals surface area contributed by atoms with Gasteiger partial charge in [0.1, 0.15) is 11.5 Å². The Hall–Kier alpha value is -4.67. The van der Waals surface area contributed by atoms with Crippen molar-refractivity contribution in [1.82, 2.24) is 15.0 Å². The van der Waals surface area contributed by atoms with E-state index in [4.69, 9.17) is 5.73 Å². The first kappa shape index (κ1) is 25.0. The lowest BCUT2D eigenvalue weighted by atomic mass is 10.1. The van der Waals surface area contributed by atoms with E-state index in [1.165, 1.54) is 24.7 Å². The summed E-state index contributed by atoms with van der Waals surface area (Å²) in [5.41, 5.74) is 7.91. The molecule has 0 aliphatic heterocycles. The molecule has 35 heavy (non-hydrogen) atoms. The van der Waals surface area contributed by atoms with Crippen molar-refractivity contribution in [2.75, 3.05) is 23.0 Å². The summed E-state index contributed by atoms with van der Waals surface area (Å²) < 4.78 is 38.9. The number of hydrogen-bond acceptors (Lipinski definition) is 8. The topological polar surface area (TPSA) is 113 Å². The van der Waals surface area contributed by atoms with Gasteiger partial charge < -0.3 is 21.7 Å². The number of nitrogens with one attached hydrogen (secondary N) is 3. The van der Waals surface area contributed by atoms with Crippen LogP contribution in [0.1, 0.15) is 5.69 Å². The summed E-state index contributed by atoms with van der Waals surface area (Å²) in [6, 6.07) is 9.50. The number of nitrogens with two attached hydrogens (primary N) is 1. The fourth-order valence-corrected chi connectivity index (χ4v) is 2.90. The molecule has 0 unspecified atom stereocenters. The van der Waals surface area contributed by atoms with Gasteiger partial charge in [-0.2, -0.15) is 18.2 Å². The molecule has 11 heteroatoms. The zero-order valence-corrected chi connectivity index (χ0v) is 18.8. The number of allylic oxidation sites excluding steroid dienone is 2. The molecule has 180 valence electrons. The Bertz CT molecular complexity index is 1260. The third kappa shape index (κ3) is 6.67. The average molecular weight is 480 g/mol. The number of aliphatic imine (C=N–C) groups is 1. The summed E-state index contributed by atoms with van der Waals surface area (Å²) in [4.78, 5) is 16.2. The van der Waals surface area contributed by atoms with Crippen molar-refractivity contribution in [3.8, 4) is 11.1 Å². The highest BCUT2D eigenvalue weighted by molar-refractivity contribution is 5.83. The van der Waals surface area contributed by atoms with Gasteiger partial charge in [-0.3, -0.25) is 9.98 Å². The zero-order chi connectivity index (χ0) is 25.4. The third-order valence-corrected chi connectivity index (χ3v) is 4.53. The standard InChI is InChI=1S/C24H23F3N8/c1-4-15(2)32-17-6-5-7-18(10-17)33-22-20(16-8-9-21(30-12-16)24(25,26)27)14-31-23(35-22)34-19(11-28)13-29-3/h4-14,32H,1-2,28H2,3H3,(H2,31,33,34,35)/b19-11+,29-13?. The van der Waals surface area contributed by atoms with Gasteiger partial charge in [0.25, 0.3) is 0 Å². The Morgan fingerprint density at radius 1 is 1.09 bits per heavy atom. The molecule has 0 radical (unpaired) electrons. The molecule has 0 aliphatic rings. The van der Waals surface area contributed by atoms with E-state index in [0.717, 1.165) is 18.0 Å². The lowest BCUT2D eigenvalue weighted by Gasteiger charge is -2.15. The van der Waals surface area contributed by atoms with Crippen molar-refractivity contribution in [2.24, 2.45) is 10.7 Å². The van der Waals surface area contributed by atoms with Gasteiger partial charge in [-0.1, -0.05) is 25.3 Å². The smallest absolute Gasteiger partial charge is 0.403 e. The molecule has 0 aliphatic carbocycles. The predicted molar refractivity (Wildman–Crippen MR) is 133 cm³/mol. The summed E-state index contributed by atoms with van der Waals surface area (Å²) in [6.07, 6.45) is 2.44. The second kappa shape index (κ2) is 11.0. The number of pyridine rings is 1. The van der Waals surface area contributed by atoms with E-state index in [2.05, 4.69) is 49.1 Å². The van der Waals surface area contributed by atoms with Gasteiger partial charge >= 0.3 is 6.18 Å². The van der Waals surface area contributed by atoms with Crippen molar-refractivity contribution >= 4 is 29.4 Å². The van der Waals surface area contributed by atoms with Crippen molar-refractivity contribution in [3.05, 3.63) is 91.3 Å². The summed E-state index contributed by atoms with van der Waals surface area (Å²) in [5, 5.41) is 9.22. The molecule has 5 N–H and O–H groups in total. The normalized spacial score (nSPS) is 11.8. The first-order chi connectivity index (χ1) is 16.7. The van der Waals surface area contributed by atoms with E-state index < -0.39 is 11.9 Å². The largest absolute Gasteiger partial charge is 0.433 e. The first-order valence-corrected chi connectivity index (χ1v) is 10.2. The van der Waals surface area contributed by atoms with Crippen molar-refractivity contribution in [1.29, 1.82) is 0 Å². The molecule has 0 saturated heterocycles. The van der Waals surface area contributed by atoms with Crippen LogP contribution in [0.25, 0.3) is 11.1 Å². The average Bonchev–Trinajstić information content (AvgIpc) is 2.83. The number of rotatable bonds is 9. The SMILES string of the molecule is C=CC(=C)Nc1cccc(Nc2nc(N/C(C=NC)=C/N)ncc2-c2ccc(C(F)(F)F)nc2)c1. The number of halogens is 3. The molecule has 0 fully saturated rings. The molecule has 3 rings (SSSR count). The van der Waals surface area contributed by atoms with Crippen LogP contribution in [-0.4, -0.2) is 28.2 Å². The van der Waals surface area contributed by atoms with E-state index in [0.29, 0.717) is 34.0 Å². The molecule has 1 aromatic carbocycles. The summed E-state index contributed by atoms with van der Waals surface area (Å²) in [5.74, 6) is 0.524. The number of nitrogens with zero attached hydrogens (tertiary/aromatic N) is 4. The van der Waals surface area contributed by atoms with Crippen LogP contribution in [0.4, 0.5) is 36.3 Å². The molecule has 3 aromatic rings. The summed E-state index contributed by atoms with van der Waals surface area (Å²) in [7, 11) is 1.59. The minimum absolute atomic E-state index is 0.196. The lowest BCUT2D eigenvalue weighted by Crippen LogP contribution is -2.09. The maximum absolute atomic E-state index is 13.0. The highest BCUT2D eigenvalue weighted by Crippen LogP contribution is 2.32. The van der Waals surface area contributed by atoms with Crippen LogP contribution in [0.2, 0.25) is 0 Å². The Labute approximate surface area is 200 Å². The minimum atomic E-state index is -4.54. The van der Waals surface area contributed by atoms with Crippen molar-refractivity contribution in [3.63, 3.8) is 0 Å². The maximum atomic E-state index is 13.0. The second-order valence-electron chi connectivity index (χ2n) is 7.08. The monoisotopic (exact) mass is 480 g/mol. The van der Waals surface area contributed by atoms with Crippen LogP contribution < -0.4 is 21.7 Å². The number of hydrogen-bond donors (Lipinski definition) is 4. The highest BCUT2D eigenvalue weighted by atomic mass is 19.4. The van der Waals surface area contributed by atoms with Crippen molar-refractivity contribution in [2.45, 2.75) is 6.18 Å². The lowest BCUT2D eigenvalue weighted by molar-refractivity contribution is -0.141. The Kier molecular flexibility index (Phi) is 7.82. The van der Waals surface area contributed by atoms with Gasteiger partial charge in [0.15, 0.2) is 0 Å². The van der Waals surface area contributed by atoms with Crippen LogP contribution in [0.5, 0.6) is 0 Å². The maximum Gasteiger partial charge on any atom is 0.433 e. The van der Waals surface area contributed by atoms with Gasteiger partial charge in [0.05, 0.1) is 5.70 Å². The van der Waals surface area contributed by atoms with Gasteiger partial charge in [-0.25, -0.2) is 4.98 Å². The molecular formula is C24H23F3N8. The molecule has 2 heterocycles. The van der Waals surface area contributed by atoms with Crippen LogP contribution >= 0.6 is 0 Å². The summed E-state index contributed by atoms with van der Waals surface area (Å²) >= 11 is 0. The Balaban J connectivity index is 2.02. The van der Waals surface area contributed by atoms with Gasteiger partial charge in [-0.05, 0) is 30.3 Å². The quantitative estimate of drug-likeness (QED) is 0.242. The molecule has 0 bridgehead atoms. The minimum Gasteiger partial charge on any atom is -0.403 e.